The van der Waals surface area contributed by atoms with Gasteiger partial charge in [-0.1, -0.05) is 46.5 Å². The Kier molecular flexibility index (Phi) is 11.8. The molecule has 5 nitrogen and oxygen atoms in total. The molecule has 5 heteroatoms. The number of aliphatic hydroxyl groups is 1. The van der Waals surface area contributed by atoms with E-state index in [1.54, 1.807) is 0 Å². The molecule has 1 N–H and O–H groups in total. The number of esters is 2. The van der Waals surface area contributed by atoms with E-state index < -0.39 is 0 Å². The number of unbranched alkanes of at least 4 members (excludes halogenated alkanes) is 5. The second kappa shape index (κ2) is 12.4. The molecule has 0 heterocycles. The van der Waals surface area contributed by atoms with Gasteiger partial charge in [0.2, 0.25) is 0 Å². The smallest absolute Gasteiger partial charge is 0.305 e. The maximum absolute atomic E-state index is 11.5. The molecule has 0 aliphatic carbocycles. The molecule has 0 saturated carbocycles. The van der Waals surface area contributed by atoms with Gasteiger partial charge in [0.1, 0.15) is 6.61 Å². The molecule has 0 radical (unpaired) electrons. The van der Waals surface area contributed by atoms with Crippen LogP contribution in [0.5, 0.6) is 0 Å². The molecule has 0 aromatic rings. The Morgan fingerprint density at radius 2 is 1.27 bits per heavy atom. The maximum atomic E-state index is 11.5. The predicted octanol–water partition coefficient (Wildman–Crippen LogP) is 3.23. The third kappa shape index (κ3) is 15.3. The van der Waals surface area contributed by atoms with Crippen LogP contribution >= 0.6 is 0 Å². The summed E-state index contributed by atoms with van der Waals surface area (Å²) >= 11 is 0. The molecule has 130 valence electrons. The highest BCUT2D eigenvalue weighted by Crippen LogP contribution is 2.14. The molecular weight excluding hydrogens is 284 g/mol. The number of aliphatic hydroxyl groups excluding tert-OH is 1. The monoisotopic (exact) mass is 316 g/mol. The van der Waals surface area contributed by atoms with Crippen molar-refractivity contribution >= 4 is 11.9 Å². The first-order chi connectivity index (χ1) is 10.3. The van der Waals surface area contributed by atoms with Gasteiger partial charge < -0.3 is 14.6 Å². The highest BCUT2D eigenvalue weighted by Gasteiger charge is 2.13. The van der Waals surface area contributed by atoms with E-state index in [-0.39, 0.29) is 30.6 Å². The molecule has 0 aliphatic heterocycles. The lowest BCUT2D eigenvalue weighted by Crippen LogP contribution is -2.18. The van der Waals surface area contributed by atoms with Gasteiger partial charge in [0.25, 0.3) is 0 Å². The summed E-state index contributed by atoms with van der Waals surface area (Å²) in [6.07, 6.45) is 6.72. The van der Waals surface area contributed by atoms with Crippen LogP contribution in [-0.2, 0) is 19.1 Å². The third-order valence-corrected chi connectivity index (χ3v) is 3.03. The Morgan fingerprint density at radius 3 is 1.73 bits per heavy atom. The summed E-state index contributed by atoms with van der Waals surface area (Å²) in [5, 5.41) is 8.51. The van der Waals surface area contributed by atoms with Crippen LogP contribution in [0, 0.1) is 5.41 Å². The average molecular weight is 316 g/mol. The molecule has 0 fully saturated rings. The van der Waals surface area contributed by atoms with Gasteiger partial charge in [0.05, 0.1) is 13.2 Å². The average Bonchev–Trinajstić information content (AvgIpc) is 2.45. The van der Waals surface area contributed by atoms with Crippen molar-refractivity contribution < 1.29 is 24.2 Å². The van der Waals surface area contributed by atoms with E-state index in [0.717, 1.165) is 38.5 Å². The lowest BCUT2D eigenvalue weighted by atomic mass is 9.99. The number of hydrogen-bond donors (Lipinski definition) is 1. The zero-order chi connectivity index (χ0) is 16.8. The van der Waals surface area contributed by atoms with Gasteiger partial charge in [0.15, 0.2) is 0 Å². The van der Waals surface area contributed by atoms with E-state index in [2.05, 4.69) is 0 Å². The maximum Gasteiger partial charge on any atom is 0.305 e. The standard InChI is InChI=1S/C17H32O5/c1-17(2,3)14-22-16(20)11-9-7-5-4-6-8-10-15(19)21-13-12-18/h18H,4-14H2,1-3H3. The summed E-state index contributed by atoms with van der Waals surface area (Å²) in [5.41, 5.74) is 0.0218. The molecule has 0 rings (SSSR count). The van der Waals surface area contributed by atoms with Crippen LogP contribution in [-0.4, -0.2) is 36.9 Å². The Morgan fingerprint density at radius 1 is 0.818 bits per heavy atom. The van der Waals surface area contributed by atoms with Crippen LogP contribution in [0.3, 0.4) is 0 Å². The summed E-state index contributed by atoms with van der Waals surface area (Å²) in [6.45, 7) is 6.56. The molecule has 0 spiro atoms. The second-order valence-electron chi connectivity index (χ2n) is 6.79. The largest absolute Gasteiger partial charge is 0.465 e. The van der Waals surface area contributed by atoms with Crippen LogP contribution in [0.15, 0.2) is 0 Å². The minimum Gasteiger partial charge on any atom is -0.465 e. The van der Waals surface area contributed by atoms with E-state index in [1.807, 2.05) is 20.8 Å². The number of ether oxygens (including phenoxy) is 2. The van der Waals surface area contributed by atoms with E-state index in [1.165, 1.54) is 0 Å². The van der Waals surface area contributed by atoms with E-state index in [4.69, 9.17) is 14.6 Å². The Hall–Kier alpha value is -1.10. The Bertz CT molecular complexity index is 307. The Labute approximate surface area is 134 Å². The minimum atomic E-state index is -0.240. The fourth-order valence-electron chi connectivity index (χ4n) is 1.85. The summed E-state index contributed by atoms with van der Waals surface area (Å²) < 4.78 is 9.97. The predicted molar refractivity (Wildman–Crippen MR) is 85.4 cm³/mol. The molecule has 0 aliphatic rings. The molecule has 0 aromatic heterocycles. The molecule has 0 bridgehead atoms. The first kappa shape index (κ1) is 20.9. The molecule has 0 atom stereocenters. The molecule has 0 aromatic carbocycles. The fraction of sp³-hybridized carbons (Fsp3) is 0.882. The van der Waals surface area contributed by atoms with Gasteiger partial charge in [-0.05, 0) is 18.3 Å². The van der Waals surface area contributed by atoms with Gasteiger partial charge in [-0.2, -0.15) is 0 Å². The molecule has 0 amide bonds. The summed E-state index contributed by atoms with van der Waals surface area (Å²) in [4.78, 5) is 22.7. The highest BCUT2D eigenvalue weighted by atomic mass is 16.5. The molecule has 22 heavy (non-hydrogen) atoms. The van der Waals surface area contributed by atoms with Crippen LogP contribution in [0.1, 0.15) is 72.1 Å². The fourth-order valence-corrected chi connectivity index (χ4v) is 1.85. The SMILES string of the molecule is CC(C)(C)COC(=O)CCCCCCCCC(=O)OCCO. The van der Waals surface area contributed by atoms with Crippen LogP contribution in [0.2, 0.25) is 0 Å². The van der Waals surface area contributed by atoms with Crippen molar-refractivity contribution in [3.8, 4) is 0 Å². The zero-order valence-corrected chi connectivity index (χ0v) is 14.4. The van der Waals surface area contributed by atoms with Crippen LogP contribution in [0.25, 0.3) is 0 Å². The van der Waals surface area contributed by atoms with Gasteiger partial charge in [-0.25, -0.2) is 0 Å². The quantitative estimate of drug-likeness (QED) is 0.442. The highest BCUT2D eigenvalue weighted by molar-refractivity contribution is 5.69. The van der Waals surface area contributed by atoms with Gasteiger partial charge in [-0.15, -0.1) is 0 Å². The number of carbonyl (C=O) groups excluding carboxylic acids is 2. The van der Waals surface area contributed by atoms with E-state index in [9.17, 15) is 9.59 Å². The normalized spacial score (nSPS) is 11.3. The minimum absolute atomic E-state index is 0.0218. The summed E-state index contributed by atoms with van der Waals surface area (Å²) in [6, 6.07) is 0. The summed E-state index contributed by atoms with van der Waals surface area (Å²) in [7, 11) is 0. The third-order valence-electron chi connectivity index (χ3n) is 3.03. The molecule has 0 unspecified atom stereocenters. The van der Waals surface area contributed by atoms with Crippen LogP contribution in [0.4, 0.5) is 0 Å². The van der Waals surface area contributed by atoms with E-state index in [0.29, 0.717) is 19.4 Å². The first-order valence-corrected chi connectivity index (χ1v) is 8.27. The summed E-state index contributed by atoms with van der Waals surface area (Å²) in [5.74, 6) is -0.350. The van der Waals surface area contributed by atoms with E-state index >= 15 is 0 Å². The van der Waals surface area contributed by atoms with Crippen molar-refractivity contribution in [1.82, 2.24) is 0 Å². The van der Waals surface area contributed by atoms with Crippen LogP contribution < -0.4 is 0 Å². The van der Waals surface area contributed by atoms with Crippen molar-refractivity contribution in [1.29, 1.82) is 0 Å². The molecular formula is C17H32O5. The number of carbonyl (C=O) groups is 2. The van der Waals surface area contributed by atoms with Crippen molar-refractivity contribution in [2.24, 2.45) is 5.41 Å². The van der Waals surface area contributed by atoms with Gasteiger partial charge in [-0.3, -0.25) is 9.59 Å². The zero-order valence-electron chi connectivity index (χ0n) is 14.4. The first-order valence-electron chi connectivity index (χ1n) is 8.27. The van der Waals surface area contributed by atoms with Crippen molar-refractivity contribution in [2.75, 3.05) is 19.8 Å². The number of hydrogen-bond acceptors (Lipinski definition) is 5. The second-order valence-corrected chi connectivity index (χ2v) is 6.79. The van der Waals surface area contributed by atoms with Gasteiger partial charge >= 0.3 is 11.9 Å². The van der Waals surface area contributed by atoms with Crippen molar-refractivity contribution in [2.45, 2.75) is 72.1 Å². The van der Waals surface area contributed by atoms with Gasteiger partial charge in [0, 0.05) is 12.8 Å². The Balaban J connectivity index is 3.33. The molecule has 0 saturated heterocycles. The number of rotatable bonds is 12. The lowest BCUT2D eigenvalue weighted by molar-refractivity contribution is -0.146. The topological polar surface area (TPSA) is 72.8 Å². The lowest BCUT2D eigenvalue weighted by Gasteiger charge is -2.17. The van der Waals surface area contributed by atoms with Crippen molar-refractivity contribution in [3.63, 3.8) is 0 Å². The van der Waals surface area contributed by atoms with Crippen molar-refractivity contribution in [3.05, 3.63) is 0 Å².